The fourth-order valence-electron chi connectivity index (χ4n) is 3.57. The average molecular weight is 425 g/mol. The summed E-state index contributed by atoms with van der Waals surface area (Å²) in [6, 6.07) is 3.72. The topological polar surface area (TPSA) is 55.8 Å². The van der Waals surface area contributed by atoms with Gasteiger partial charge in [-0.2, -0.15) is 0 Å². The van der Waals surface area contributed by atoms with Crippen LogP contribution >= 0.6 is 11.3 Å². The van der Waals surface area contributed by atoms with Gasteiger partial charge in [-0.1, -0.05) is 33.8 Å². The molecule has 0 amide bonds. The van der Waals surface area contributed by atoms with Crippen LogP contribution in [0.4, 0.5) is 0 Å². The molecule has 0 spiro atoms. The first-order chi connectivity index (χ1) is 13.0. The summed E-state index contributed by atoms with van der Waals surface area (Å²) in [7, 11) is -0.396. The second kappa shape index (κ2) is 9.24. The molecule has 1 aromatic rings. The average Bonchev–Trinajstić information content (AvgIpc) is 3.16. The first-order valence-electron chi connectivity index (χ1n) is 10.1. The molecular weight excluding hydrogens is 388 g/mol. The van der Waals surface area contributed by atoms with Crippen molar-refractivity contribution in [1.82, 2.24) is 0 Å². The molecule has 1 saturated carbocycles. The minimum Gasteiger partial charge on any atom is -0.465 e. The fraction of sp³-hybridized carbons (Fsp3) is 0.682. The van der Waals surface area contributed by atoms with Crippen molar-refractivity contribution in [2.24, 2.45) is 17.8 Å². The van der Waals surface area contributed by atoms with Crippen LogP contribution in [0.5, 0.6) is 0 Å². The van der Waals surface area contributed by atoms with Crippen molar-refractivity contribution in [3.63, 3.8) is 0 Å². The van der Waals surface area contributed by atoms with E-state index in [9.17, 15) is 9.90 Å². The van der Waals surface area contributed by atoms with Crippen LogP contribution in [-0.2, 0) is 9.16 Å². The number of esters is 1. The van der Waals surface area contributed by atoms with Crippen LogP contribution in [0.3, 0.4) is 0 Å². The van der Waals surface area contributed by atoms with Gasteiger partial charge in [0, 0.05) is 11.5 Å². The molecule has 0 saturated heterocycles. The first-order valence-corrected chi connectivity index (χ1v) is 13.9. The predicted octanol–water partition coefficient (Wildman–Crippen LogP) is 5.59. The summed E-state index contributed by atoms with van der Waals surface area (Å²) in [5, 5.41) is 10.8. The van der Waals surface area contributed by atoms with Crippen molar-refractivity contribution in [1.29, 1.82) is 0 Å². The van der Waals surface area contributed by atoms with E-state index in [1.54, 1.807) is 6.07 Å². The lowest BCUT2D eigenvalue weighted by atomic mass is 9.88. The molecular formula is C22H36O4SSi. The normalized spacial score (nSPS) is 26.1. The van der Waals surface area contributed by atoms with Gasteiger partial charge in [-0.25, -0.2) is 4.79 Å². The number of methoxy groups -OCH3 is 1. The van der Waals surface area contributed by atoms with E-state index < -0.39 is 8.32 Å². The van der Waals surface area contributed by atoms with Gasteiger partial charge in [0.15, 0.2) is 8.32 Å². The fourth-order valence-corrected chi connectivity index (χ4v) is 5.47. The van der Waals surface area contributed by atoms with Gasteiger partial charge in [0.2, 0.25) is 0 Å². The first kappa shape index (κ1) is 23.3. The number of aliphatic hydroxyl groups excluding tert-OH is 1. The number of hydrogen-bond acceptors (Lipinski definition) is 5. The van der Waals surface area contributed by atoms with E-state index in [1.807, 2.05) is 12.1 Å². The summed E-state index contributed by atoms with van der Waals surface area (Å²) in [4.78, 5) is 13.2. The Balaban J connectivity index is 2.00. The third kappa shape index (κ3) is 5.56. The summed E-state index contributed by atoms with van der Waals surface area (Å²) in [6.45, 7) is 14.3. The predicted molar refractivity (Wildman–Crippen MR) is 119 cm³/mol. The van der Waals surface area contributed by atoms with E-state index in [0.29, 0.717) is 16.7 Å². The van der Waals surface area contributed by atoms with E-state index in [-0.39, 0.29) is 23.0 Å². The smallest absolute Gasteiger partial charge is 0.348 e. The number of carbonyl (C=O) groups excluding carboxylic acids is 1. The van der Waals surface area contributed by atoms with Crippen molar-refractivity contribution in [3.05, 3.63) is 28.0 Å². The van der Waals surface area contributed by atoms with Crippen molar-refractivity contribution < 1.29 is 19.1 Å². The maximum atomic E-state index is 11.6. The Labute approximate surface area is 175 Å². The summed E-state index contributed by atoms with van der Waals surface area (Å²) < 4.78 is 11.2. The van der Waals surface area contributed by atoms with Crippen LogP contribution in [0.25, 0.3) is 6.08 Å². The van der Waals surface area contributed by atoms with Gasteiger partial charge in [-0.15, -0.1) is 11.3 Å². The van der Waals surface area contributed by atoms with E-state index >= 15 is 0 Å². The van der Waals surface area contributed by atoms with E-state index in [0.717, 1.165) is 24.3 Å². The van der Waals surface area contributed by atoms with Crippen molar-refractivity contribution in [2.45, 2.75) is 64.8 Å². The Bertz CT molecular complexity index is 689. The lowest BCUT2D eigenvalue weighted by Gasteiger charge is -2.38. The molecule has 158 valence electrons. The second-order valence-corrected chi connectivity index (χ2v) is 15.4. The lowest BCUT2D eigenvalue weighted by Crippen LogP contribution is -2.42. The molecule has 0 aliphatic heterocycles. The zero-order valence-corrected chi connectivity index (χ0v) is 20.1. The monoisotopic (exact) mass is 424 g/mol. The highest BCUT2D eigenvalue weighted by molar-refractivity contribution is 7.14. The van der Waals surface area contributed by atoms with Gasteiger partial charge >= 0.3 is 5.97 Å². The molecule has 1 aliphatic carbocycles. The lowest BCUT2D eigenvalue weighted by molar-refractivity contribution is 0.0606. The Morgan fingerprint density at radius 1 is 1.32 bits per heavy atom. The number of thiophene rings is 1. The largest absolute Gasteiger partial charge is 0.465 e. The SMILES string of the molecule is COC(=O)c1ccc(C=CC[C@@H]2[C@@H](CO[Si](C)(C)C(C)(C)C)[C@H](C)C[C@@H]2O)s1. The zero-order chi connectivity index (χ0) is 21.1. The molecule has 4 atom stereocenters. The highest BCUT2D eigenvalue weighted by atomic mass is 32.1. The van der Waals surface area contributed by atoms with Gasteiger partial charge in [0.05, 0.1) is 13.2 Å². The Kier molecular flexibility index (Phi) is 7.70. The maximum absolute atomic E-state index is 11.6. The molecule has 6 heteroatoms. The summed E-state index contributed by atoms with van der Waals surface area (Å²) in [5.74, 6) is 0.761. The van der Waals surface area contributed by atoms with Crippen LogP contribution < -0.4 is 0 Å². The van der Waals surface area contributed by atoms with Gasteiger partial charge in [0.25, 0.3) is 0 Å². The van der Waals surface area contributed by atoms with Crippen LogP contribution in [0.2, 0.25) is 18.1 Å². The minimum atomic E-state index is -1.79. The third-order valence-electron chi connectivity index (χ3n) is 6.53. The quantitative estimate of drug-likeness (QED) is 0.458. The van der Waals surface area contributed by atoms with Gasteiger partial charge in [0.1, 0.15) is 4.88 Å². The van der Waals surface area contributed by atoms with Crippen LogP contribution in [0.15, 0.2) is 18.2 Å². The molecule has 1 N–H and O–H groups in total. The summed E-state index contributed by atoms with van der Waals surface area (Å²) in [5.41, 5.74) is 0. The Hall–Kier alpha value is -0.953. The number of aliphatic hydroxyl groups is 1. The van der Waals surface area contributed by atoms with Crippen molar-refractivity contribution in [3.8, 4) is 0 Å². The van der Waals surface area contributed by atoms with Gasteiger partial charge < -0.3 is 14.3 Å². The van der Waals surface area contributed by atoms with Crippen LogP contribution in [0, 0.1) is 17.8 Å². The van der Waals surface area contributed by atoms with E-state index in [1.165, 1.54) is 18.4 Å². The van der Waals surface area contributed by atoms with E-state index in [4.69, 9.17) is 9.16 Å². The van der Waals surface area contributed by atoms with Crippen LogP contribution in [-0.4, -0.2) is 39.2 Å². The number of rotatable bonds is 7. The molecule has 1 fully saturated rings. The highest BCUT2D eigenvalue weighted by Crippen LogP contribution is 2.42. The molecule has 0 bridgehead atoms. The number of carbonyl (C=O) groups is 1. The molecule has 1 aliphatic rings. The standard InChI is InChI=1S/C22H36O4SSi/c1-15-13-19(23)17(18(15)14-26-28(6,7)22(2,3)4)10-8-9-16-11-12-20(27-16)21(24)25-5/h8-9,11-12,15,17-19,23H,10,13-14H2,1-7H3/t15-,17-,18+,19+/m1/s1. The number of ether oxygens (including phenoxy) is 1. The van der Waals surface area contributed by atoms with Gasteiger partial charge in [-0.05, 0) is 66.9 Å². The van der Waals surface area contributed by atoms with Gasteiger partial charge in [-0.3, -0.25) is 0 Å². The third-order valence-corrected chi connectivity index (χ3v) is 12.1. The Morgan fingerprint density at radius 3 is 2.61 bits per heavy atom. The molecule has 2 rings (SSSR count). The zero-order valence-electron chi connectivity index (χ0n) is 18.3. The minimum absolute atomic E-state index is 0.194. The molecule has 28 heavy (non-hydrogen) atoms. The van der Waals surface area contributed by atoms with E-state index in [2.05, 4.69) is 46.9 Å². The number of allylic oxidation sites excluding steroid dienone is 1. The summed E-state index contributed by atoms with van der Waals surface area (Å²) >= 11 is 1.42. The van der Waals surface area contributed by atoms with Crippen molar-refractivity contribution in [2.75, 3.05) is 13.7 Å². The molecule has 0 unspecified atom stereocenters. The molecule has 4 nitrogen and oxygen atoms in total. The number of hydrogen-bond donors (Lipinski definition) is 1. The maximum Gasteiger partial charge on any atom is 0.348 e. The Morgan fingerprint density at radius 2 is 2.00 bits per heavy atom. The highest BCUT2D eigenvalue weighted by Gasteiger charge is 2.43. The van der Waals surface area contributed by atoms with Crippen LogP contribution in [0.1, 0.15) is 55.1 Å². The molecule has 1 heterocycles. The second-order valence-electron chi connectivity index (χ2n) is 9.51. The summed E-state index contributed by atoms with van der Waals surface area (Å²) in [6.07, 6.45) is 5.55. The molecule has 1 aromatic heterocycles. The molecule has 0 aromatic carbocycles. The van der Waals surface area contributed by atoms with Crippen molar-refractivity contribution >= 4 is 31.7 Å². The molecule has 0 radical (unpaired) electrons.